The van der Waals surface area contributed by atoms with Crippen LogP contribution in [-0.4, -0.2) is 36.5 Å². The van der Waals surface area contributed by atoms with Gasteiger partial charge in [-0.15, -0.1) is 36.2 Å². The number of hydrogen-bond donors (Lipinski definition) is 2. The summed E-state index contributed by atoms with van der Waals surface area (Å²) in [4.78, 5) is 16.1. The topological polar surface area (TPSA) is 58.4 Å². The zero-order chi connectivity index (χ0) is 16.1. The Labute approximate surface area is 167 Å². The highest BCUT2D eigenvalue weighted by Crippen LogP contribution is 2.26. The van der Waals surface area contributed by atoms with Crippen molar-refractivity contribution >= 4 is 42.1 Å². The summed E-state index contributed by atoms with van der Waals surface area (Å²) in [6.07, 6.45) is 6.46. The van der Waals surface area contributed by atoms with Gasteiger partial charge in [-0.25, -0.2) is 0 Å². The van der Waals surface area contributed by atoms with E-state index in [1.54, 1.807) is 0 Å². The van der Waals surface area contributed by atoms with Crippen LogP contribution in [-0.2, 0) is 11.3 Å². The fraction of sp³-hybridized carbons (Fsp3) is 0.722. The van der Waals surface area contributed by atoms with Crippen LogP contribution >= 0.6 is 36.2 Å². The highest BCUT2D eigenvalue weighted by molar-refractivity contribution is 7.09. The molecule has 1 aliphatic heterocycles. The minimum atomic E-state index is 0. The number of likely N-dealkylation sites (tertiary alicyclic amines) is 1. The average molecular weight is 408 g/mol. The second-order valence-electron chi connectivity index (χ2n) is 7.19. The minimum Gasteiger partial charge on any atom is -0.356 e. The lowest BCUT2D eigenvalue weighted by Crippen LogP contribution is -2.41. The monoisotopic (exact) mass is 407 g/mol. The summed E-state index contributed by atoms with van der Waals surface area (Å²) in [5, 5.41) is 5.30. The van der Waals surface area contributed by atoms with Crippen molar-refractivity contribution in [3.63, 3.8) is 0 Å². The molecular formula is C18H31Cl2N3OS. The van der Waals surface area contributed by atoms with E-state index in [0.29, 0.717) is 18.3 Å². The lowest BCUT2D eigenvalue weighted by atomic mass is 9.97. The van der Waals surface area contributed by atoms with Gasteiger partial charge in [0, 0.05) is 37.0 Å². The molecule has 0 bridgehead atoms. The Bertz CT molecular complexity index is 501. The van der Waals surface area contributed by atoms with E-state index in [1.165, 1.54) is 30.7 Å². The largest absolute Gasteiger partial charge is 0.356 e. The van der Waals surface area contributed by atoms with Crippen LogP contribution in [0.5, 0.6) is 0 Å². The first-order valence-electron chi connectivity index (χ1n) is 8.97. The summed E-state index contributed by atoms with van der Waals surface area (Å²) < 4.78 is 0. The van der Waals surface area contributed by atoms with Crippen molar-refractivity contribution in [2.45, 2.75) is 51.1 Å². The van der Waals surface area contributed by atoms with E-state index in [-0.39, 0.29) is 36.8 Å². The van der Waals surface area contributed by atoms with Crippen molar-refractivity contribution in [3.05, 3.63) is 22.4 Å². The quantitative estimate of drug-likeness (QED) is 0.758. The van der Waals surface area contributed by atoms with Crippen molar-refractivity contribution in [1.82, 2.24) is 10.2 Å². The Morgan fingerprint density at radius 2 is 2.12 bits per heavy atom. The first-order chi connectivity index (χ1) is 11.2. The van der Waals surface area contributed by atoms with Gasteiger partial charge in [0.25, 0.3) is 0 Å². The number of carbonyl (C=O) groups is 1. The van der Waals surface area contributed by atoms with Gasteiger partial charge >= 0.3 is 0 Å². The minimum absolute atomic E-state index is 0. The summed E-state index contributed by atoms with van der Waals surface area (Å²) >= 11 is 1.83. The van der Waals surface area contributed by atoms with Crippen LogP contribution in [0.2, 0.25) is 0 Å². The van der Waals surface area contributed by atoms with Crippen LogP contribution in [0.15, 0.2) is 17.5 Å². The molecule has 1 saturated heterocycles. The molecule has 2 aliphatic rings. The van der Waals surface area contributed by atoms with Crippen molar-refractivity contribution in [1.29, 1.82) is 0 Å². The molecule has 7 heteroatoms. The molecule has 0 aromatic carbocycles. The van der Waals surface area contributed by atoms with Gasteiger partial charge in [-0.05, 0) is 55.5 Å². The van der Waals surface area contributed by atoms with E-state index in [1.807, 2.05) is 11.3 Å². The lowest BCUT2D eigenvalue weighted by molar-refractivity contribution is -0.122. The number of hydrogen-bond acceptors (Lipinski definition) is 4. The third kappa shape index (κ3) is 7.06. The van der Waals surface area contributed by atoms with E-state index in [4.69, 9.17) is 5.73 Å². The van der Waals surface area contributed by atoms with Gasteiger partial charge in [-0.2, -0.15) is 0 Å². The second kappa shape index (κ2) is 11.4. The van der Waals surface area contributed by atoms with E-state index in [2.05, 4.69) is 27.7 Å². The second-order valence-corrected chi connectivity index (χ2v) is 8.22. The number of halogens is 2. The van der Waals surface area contributed by atoms with Gasteiger partial charge in [0.2, 0.25) is 5.91 Å². The number of nitrogens with two attached hydrogens (primary N) is 1. The molecule has 1 saturated carbocycles. The zero-order valence-corrected chi connectivity index (χ0v) is 17.1. The van der Waals surface area contributed by atoms with Crippen molar-refractivity contribution < 1.29 is 4.79 Å². The first-order valence-corrected chi connectivity index (χ1v) is 9.85. The van der Waals surface area contributed by atoms with Crippen molar-refractivity contribution in [3.8, 4) is 0 Å². The Kier molecular flexibility index (Phi) is 10.4. The predicted octanol–water partition coefficient (Wildman–Crippen LogP) is 3.44. The van der Waals surface area contributed by atoms with Crippen LogP contribution < -0.4 is 11.1 Å². The maximum atomic E-state index is 12.1. The van der Waals surface area contributed by atoms with E-state index in [0.717, 1.165) is 32.5 Å². The maximum absolute atomic E-state index is 12.1. The predicted molar refractivity (Wildman–Crippen MR) is 110 cm³/mol. The summed E-state index contributed by atoms with van der Waals surface area (Å²) in [5.41, 5.74) is 6.06. The summed E-state index contributed by atoms with van der Waals surface area (Å²) in [5.74, 6) is 1.18. The first kappa shape index (κ1) is 22.7. The van der Waals surface area contributed by atoms with E-state index in [9.17, 15) is 4.79 Å². The molecule has 0 spiro atoms. The number of nitrogens with zero attached hydrogens (tertiary/aromatic N) is 1. The molecule has 3 rings (SSSR count). The third-order valence-corrected chi connectivity index (χ3v) is 6.18. The number of thiophene rings is 1. The Hall–Kier alpha value is -0.330. The molecule has 1 aromatic rings. The fourth-order valence-corrected chi connectivity index (χ4v) is 4.72. The Morgan fingerprint density at radius 1 is 1.28 bits per heavy atom. The van der Waals surface area contributed by atoms with Gasteiger partial charge in [0.05, 0.1) is 0 Å². The maximum Gasteiger partial charge on any atom is 0.220 e. The zero-order valence-electron chi connectivity index (χ0n) is 14.7. The molecule has 1 unspecified atom stereocenters. The summed E-state index contributed by atoms with van der Waals surface area (Å²) in [7, 11) is 0. The fourth-order valence-electron chi connectivity index (χ4n) is 3.97. The van der Waals surface area contributed by atoms with E-state index < -0.39 is 0 Å². The molecule has 1 aliphatic carbocycles. The van der Waals surface area contributed by atoms with Crippen molar-refractivity contribution in [2.75, 3.05) is 19.6 Å². The van der Waals surface area contributed by atoms with E-state index >= 15 is 0 Å². The number of amides is 1. The molecule has 3 N–H and O–H groups in total. The van der Waals surface area contributed by atoms with Gasteiger partial charge in [0.15, 0.2) is 0 Å². The van der Waals surface area contributed by atoms with Gasteiger partial charge in [-0.3, -0.25) is 9.69 Å². The Balaban J connectivity index is 0.00000156. The van der Waals surface area contributed by atoms with Gasteiger partial charge in [-0.1, -0.05) is 12.5 Å². The standard InChI is InChI=1S/C18H29N3OS.2ClH/c19-17-7-1-5-15(17)10-18(22)20-11-14-4-2-8-21(12-14)13-16-6-3-9-23-16;;/h3,6,9,14-15,17H,1-2,4-5,7-8,10-13,19H2,(H,20,22);2*1H/t14?,15-,17+;;/m0../s1. The SMILES string of the molecule is Cl.Cl.N[C@@H]1CCC[C@H]1CC(=O)NCC1CCCN(Cc2cccs2)C1. The molecule has 1 aromatic heterocycles. The number of carbonyl (C=O) groups excluding carboxylic acids is 1. The molecule has 2 fully saturated rings. The molecule has 1 amide bonds. The molecule has 0 radical (unpaired) electrons. The molecule has 25 heavy (non-hydrogen) atoms. The third-order valence-electron chi connectivity index (χ3n) is 5.32. The van der Waals surface area contributed by atoms with Crippen LogP contribution in [0, 0.1) is 11.8 Å². The molecule has 3 atom stereocenters. The highest BCUT2D eigenvalue weighted by atomic mass is 35.5. The molecule has 144 valence electrons. The average Bonchev–Trinajstić information content (AvgIpc) is 3.18. The number of piperidine rings is 1. The normalized spacial score (nSPS) is 26.5. The molecule has 2 heterocycles. The molecule has 4 nitrogen and oxygen atoms in total. The number of nitrogens with one attached hydrogen (secondary N) is 1. The van der Waals surface area contributed by atoms with Gasteiger partial charge in [0.1, 0.15) is 0 Å². The molecular weight excluding hydrogens is 377 g/mol. The summed E-state index contributed by atoms with van der Waals surface area (Å²) in [6.45, 7) is 4.15. The van der Waals surface area contributed by atoms with Crippen LogP contribution in [0.3, 0.4) is 0 Å². The van der Waals surface area contributed by atoms with Crippen LogP contribution in [0.1, 0.15) is 43.4 Å². The van der Waals surface area contributed by atoms with Crippen LogP contribution in [0.4, 0.5) is 0 Å². The lowest BCUT2D eigenvalue weighted by Gasteiger charge is -2.32. The van der Waals surface area contributed by atoms with Crippen LogP contribution in [0.25, 0.3) is 0 Å². The number of rotatable bonds is 6. The highest BCUT2D eigenvalue weighted by Gasteiger charge is 2.26. The van der Waals surface area contributed by atoms with Gasteiger partial charge < -0.3 is 11.1 Å². The van der Waals surface area contributed by atoms with Crippen molar-refractivity contribution in [2.24, 2.45) is 17.6 Å². The smallest absolute Gasteiger partial charge is 0.220 e. The summed E-state index contributed by atoms with van der Waals surface area (Å²) in [6, 6.07) is 4.56. The Morgan fingerprint density at radius 3 is 2.80 bits per heavy atom.